The van der Waals surface area contributed by atoms with Crippen molar-refractivity contribution in [2.75, 3.05) is 0 Å². The maximum Gasteiger partial charge on any atom is 0.270 e. The highest BCUT2D eigenvalue weighted by Gasteiger charge is 2.28. The van der Waals surface area contributed by atoms with Gasteiger partial charge in [0.1, 0.15) is 28.4 Å². The molecule has 0 aliphatic carbocycles. The van der Waals surface area contributed by atoms with E-state index in [4.69, 9.17) is 17.6 Å². The third kappa shape index (κ3) is 7.88. The first-order valence-electron chi connectivity index (χ1n) is 30.3. The number of aromatic nitrogens is 4. The third-order valence-corrected chi connectivity index (χ3v) is 14.3. The van der Waals surface area contributed by atoms with Crippen LogP contribution in [-0.2, 0) is 10.8 Å². The first-order chi connectivity index (χ1) is 41.0. The van der Waals surface area contributed by atoms with E-state index in [-0.39, 0.29) is 44.5 Å². The Bertz CT molecular complexity index is 4850. The summed E-state index contributed by atoms with van der Waals surface area (Å²) in [6, 6.07) is 47.3. The Kier molecular flexibility index (Phi) is 8.67. The smallest absolute Gasteiger partial charge is 0.270 e. The zero-order chi connectivity index (χ0) is 60.6. The lowest BCUT2D eigenvalue weighted by molar-refractivity contribution is -0.571. The quantitative estimate of drug-likeness (QED) is 0.122. The maximum atomic E-state index is 12.0. The van der Waals surface area contributed by atoms with E-state index in [2.05, 4.69) is 94.9 Å². The fourth-order valence-electron chi connectivity index (χ4n) is 10.5. The SMILES string of the molecule is [2H]c1c([2H])c([2H])c(-c2cccc(-c3c([2H])c([2H])c([2H])c([2H])c3[2H])c2-[n+]2[c-]n(-c3cc(-c4cccc5c4nc(-c4cc(C(C)(C)C)ccc4O)n5-c4ccc(C(C)(C)C)cc4-c4ccccc4)cc4c3oc3ccccc34)c3ccccc32)c([2H])c1[2H]. The van der Waals surface area contributed by atoms with Crippen LogP contribution in [0.2, 0.25) is 0 Å². The van der Waals surface area contributed by atoms with Crippen molar-refractivity contribution in [1.29, 1.82) is 0 Å². The van der Waals surface area contributed by atoms with Crippen LogP contribution in [0, 0.1) is 6.33 Å². The molecule has 0 saturated carbocycles. The molecule has 0 spiro atoms. The van der Waals surface area contributed by atoms with Gasteiger partial charge in [-0.1, -0.05) is 217 Å². The van der Waals surface area contributed by atoms with Crippen LogP contribution in [0.3, 0.4) is 0 Å². The predicted octanol–water partition coefficient (Wildman–Crippen LogP) is 17.6. The van der Waals surface area contributed by atoms with E-state index in [0.717, 1.165) is 55.4 Å². The molecule has 0 saturated heterocycles. The number of furan rings is 1. The van der Waals surface area contributed by atoms with Gasteiger partial charge in [0.15, 0.2) is 0 Å². The van der Waals surface area contributed by atoms with E-state index >= 15 is 0 Å². The second kappa shape index (κ2) is 18.0. The lowest BCUT2D eigenvalue weighted by Gasteiger charge is -2.23. The number of nitrogens with zero attached hydrogens (tertiary/aromatic N) is 4. The van der Waals surface area contributed by atoms with Gasteiger partial charge in [-0.25, -0.2) is 4.98 Å². The van der Waals surface area contributed by atoms with Crippen LogP contribution in [0.1, 0.15) is 66.4 Å². The van der Waals surface area contributed by atoms with Crippen molar-refractivity contribution in [3.63, 3.8) is 0 Å². The van der Waals surface area contributed by atoms with Crippen molar-refractivity contribution in [2.45, 2.75) is 52.4 Å². The van der Waals surface area contributed by atoms with Crippen LogP contribution in [0.5, 0.6) is 5.75 Å². The molecule has 6 heteroatoms. The van der Waals surface area contributed by atoms with Gasteiger partial charge >= 0.3 is 0 Å². The summed E-state index contributed by atoms with van der Waals surface area (Å²) in [6.45, 7) is 13.0. The predicted molar refractivity (Wildman–Crippen MR) is 312 cm³/mol. The number of benzene rings is 10. The maximum absolute atomic E-state index is 12.0. The Morgan fingerprint density at radius 3 is 1.83 bits per heavy atom. The van der Waals surface area contributed by atoms with E-state index in [9.17, 15) is 10.6 Å². The molecule has 0 aliphatic rings. The topological polar surface area (TPSA) is 60.0 Å². The minimum Gasteiger partial charge on any atom is -0.507 e. The van der Waals surface area contributed by atoms with Crippen molar-refractivity contribution in [3.8, 4) is 78.7 Å². The largest absolute Gasteiger partial charge is 0.507 e. The second-order valence-electron chi connectivity index (χ2n) is 21.2. The Morgan fingerprint density at radius 2 is 1.12 bits per heavy atom. The summed E-state index contributed by atoms with van der Waals surface area (Å²) in [7, 11) is 0. The molecule has 13 aromatic rings. The zero-order valence-corrected chi connectivity index (χ0v) is 42.7. The molecule has 0 amide bonds. The lowest BCUT2D eigenvalue weighted by atomic mass is 9.84. The number of hydrogen-bond donors (Lipinski definition) is 1. The molecule has 3 heterocycles. The number of phenolic OH excluding ortho intramolecular Hbond substituents is 1. The van der Waals surface area contributed by atoms with E-state index in [0.29, 0.717) is 44.8 Å². The minimum absolute atomic E-state index is 0.0726. The molecule has 0 fully saturated rings. The Balaban J connectivity index is 1.13. The van der Waals surface area contributed by atoms with Gasteiger partial charge in [-0.15, -0.1) is 0 Å². The summed E-state index contributed by atoms with van der Waals surface area (Å²) < 4.78 is 102. The molecule has 13 rings (SSSR count). The molecule has 368 valence electrons. The normalized spacial score (nSPS) is 14.0. The number of rotatable bonds is 8. The molecule has 1 N–H and O–H groups in total. The van der Waals surface area contributed by atoms with Gasteiger partial charge in [-0.05, 0) is 104 Å². The van der Waals surface area contributed by atoms with Crippen LogP contribution in [0.4, 0.5) is 0 Å². The molecule has 76 heavy (non-hydrogen) atoms. The summed E-state index contributed by atoms with van der Waals surface area (Å²) >= 11 is 0. The van der Waals surface area contributed by atoms with Gasteiger partial charge in [0.2, 0.25) is 0 Å². The van der Waals surface area contributed by atoms with Crippen molar-refractivity contribution in [3.05, 3.63) is 242 Å². The molecule has 0 atom stereocenters. The average molecular weight is 995 g/mol. The molecular formula is C70H56N4O2. The van der Waals surface area contributed by atoms with E-state index in [1.807, 2.05) is 102 Å². The van der Waals surface area contributed by atoms with Crippen LogP contribution < -0.4 is 4.57 Å². The summed E-state index contributed by atoms with van der Waals surface area (Å²) in [5, 5.41) is 13.6. The highest BCUT2D eigenvalue weighted by atomic mass is 16.3. The molecule has 0 unspecified atom stereocenters. The first kappa shape index (κ1) is 36.6. The Labute approximate surface area is 457 Å². The summed E-state index contributed by atoms with van der Waals surface area (Å²) in [5.74, 6) is 0.605. The fourth-order valence-corrected chi connectivity index (χ4v) is 10.5. The van der Waals surface area contributed by atoms with E-state index < -0.39 is 60.4 Å². The van der Waals surface area contributed by atoms with Crippen LogP contribution in [-0.4, -0.2) is 19.2 Å². The molecule has 0 radical (unpaired) electrons. The van der Waals surface area contributed by atoms with Crippen molar-refractivity contribution >= 4 is 44.0 Å². The van der Waals surface area contributed by atoms with Gasteiger partial charge in [-0.3, -0.25) is 13.7 Å². The number of aromatic hydroxyl groups is 1. The van der Waals surface area contributed by atoms with Gasteiger partial charge in [0, 0.05) is 21.9 Å². The number of hydrogen-bond acceptors (Lipinski definition) is 3. The third-order valence-electron chi connectivity index (χ3n) is 14.3. The molecular weight excluding hydrogens is 929 g/mol. The number of fused-ring (bicyclic) bond motifs is 5. The van der Waals surface area contributed by atoms with Crippen molar-refractivity contribution in [1.82, 2.24) is 14.1 Å². The number of phenols is 1. The molecule has 3 aromatic heterocycles. The molecule has 6 nitrogen and oxygen atoms in total. The van der Waals surface area contributed by atoms with Gasteiger partial charge in [0.05, 0.1) is 52.7 Å². The number of imidazole rings is 2. The zero-order valence-electron chi connectivity index (χ0n) is 52.7. The Morgan fingerprint density at radius 1 is 0.513 bits per heavy atom. The van der Waals surface area contributed by atoms with E-state index in [1.165, 1.54) is 0 Å². The van der Waals surface area contributed by atoms with Gasteiger partial charge in [0.25, 0.3) is 6.33 Å². The van der Waals surface area contributed by atoms with Crippen LogP contribution in [0.25, 0.3) is 117 Å². The van der Waals surface area contributed by atoms with Gasteiger partial charge in [-0.2, -0.15) is 0 Å². The minimum atomic E-state index is -0.587. The summed E-state index contributed by atoms with van der Waals surface area (Å²) in [4.78, 5) is 5.62. The fraction of sp³-hybridized carbons (Fsp3) is 0.114. The van der Waals surface area contributed by atoms with Gasteiger partial charge < -0.3 is 9.52 Å². The molecule has 0 aliphatic heterocycles. The molecule has 0 bridgehead atoms. The first-order valence-corrected chi connectivity index (χ1v) is 25.3. The lowest BCUT2D eigenvalue weighted by Crippen LogP contribution is -2.31. The van der Waals surface area contributed by atoms with Crippen LogP contribution in [0.15, 0.2) is 229 Å². The highest BCUT2D eigenvalue weighted by molar-refractivity contribution is 6.11. The van der Waals surface area contributed by atoms with E-state index in [1.54, 1.807) is 28.8 Å². The highest BCUT2D eigenvalue weighted by Crippen LogP contribution is 2.45. The molecule has 10 aromatic carbocycles. The monoisotopic (exact) mass is 995 g/mol. The second-order valence-corrected chi connectivity index (χ2v) is 21.2. The van der Waals surface area contributed by atoms with Crippen molar-refractivity contribution < 1.29 is 27.8 Å². The summed E-state index contributed by atoms with van der Waals surface area (Å²) in [5.41, 5.74) is 10.9. The summed E-state index contributed by atoms with van der Waals surface area (Å²) in [6.07, 6.45) is 3.59. The standard InChI is InChI=1S/C70H56N4O2/c1-69(2,3)49-36-38-58(55(42-49)47-26-14-9-15-27-47)74-61-34-21-29-51(65(61)71-68(74)57-43-50(70(4,5)6)37-39-63(57)75)48-40-56-54-28-16-19-35-64(54)76-67(56)62(41-48)72-44-73(60-33-18-17-32-59(60)72)66-52(45-22-10-7-11-23-45)30-20-31-53(66)46-24-12-8-13-25-46/h7-43,75H,1-6H3/i7D,8D,10D,11D,12D,13D,22D,23D,24D,25D. The Hall–Kier alpha value is -9.26. The van der Waals surface area contributed by atoms with Crippen molar-refractivity contribution in [2.24, 2.45) is 0 Å². The number of para-hydroxylation sites is 5. The average Bonchev–Trinajstić information content (AvgIpc) is 1.64. The van der Waals surface area contributed by atoms with Crippen LogP contribution >= 0.6 is 0 Å².